The molecule has 2 N–H and O–H groups in total. The molecule has 0 bridgehead atoms. The molecule has 0 aromatic heterocycles. The lowest BCUT2D eigenvalue weighted by atomic mass is 10.0. The smallest absolute Gasteiger partial charge is 0.0767 e. The van der Waals surface area contributed by atoms with Gasteiger partial charge < -0.3 is 5.11 Å². The van der Waals surface area contributed by atoms with Gasteiger partial charge in [0.25, 0.3) is 0 Å². The minimum absolute atomic E-state index is 0.136. The Morgan fingerprint density at radius 2 is 2.30 bits per heavy atom. The minimum atomic E-state index is -0.247. The average Bonchev–Trinajstić information content (AvgIpc) is 2.00. The summed E-state index contributed by atoms with van der Waals surface area (Å²) in [6, 6.07) is 0. The van der Waals surface area contributed by atoms with Crippen molar-refractivity contribution in [2.24, 2.45) is 0 Å². The molecule has 0 aliphatic rings. The standard InChI is InChI=1S/C8H15NO/c1-4-8(3,5-2)9-6-7-10/h1,9-10H,5-7H2,2-3H3. The van der Waals surface area contributed by atoms with Crippen LogP contribution in [-0.4, -0.2) is 23.8 Å². The Morgan fingerprint density at radius 3 is 2.60 bits per heavy atom. The van der Waals surface area contributed by atoms with Gasteiger partial charge in [-0.25, -0.2) is 0 Å². The summed E-state index contributed by atoms with van der Waals surface area (Å²) < 4.78 is 0. The van der Waals surface area contributed by atoms with Crippen molar-refractivity contribution >= 4 is 0 Å². The predicted octanol–water partition coefficient (Wildman–Crippen LogP) is 0.370. The van der Waals surface area contributed by atoms with Crippen LogP contribution >= 0.6 is 0 Å². The number of rotatable bonds is 4. The van der Waals surface area contributed by atoms with E-state index in [0.29, 0.717) is 6.54 Å². The predicted molar refractivity (Wildman–Crippen MR) is 42.6 cm³/mol. The molecular formula is C8H15NO. The first kappa shape index (κ1) is 9.48. The number of β-amino-alcohol motifs (C(OH)–C–C–N with tert-alkyl or cyclic N) is 1. The number of hydrogen-bond donors (Lipinski definition) is 2. The zero-order chi connectivity index (χ0) is 8.04. The second-order valence-electron chi connectivity index (χ2n) is 2.48. The zero-order valence-corrected chi connectivity index (χ0v) is 6.65. The lowest BCUT2D eigenvalue weighted by molar-refractivity contribution is 0.275. The van der Waals surface area contributed by atoms with Gasteiger partial charge in [0, 0.05) is 6.54 Å². The van der Waals surface area contributed by atoms with Crippen LogP contribution in [-0.2, 0) is 0 Å². The summed E-state index contributed by atoms with van der Waals surface area (Å²) >= 11 is 0. The zero-order valence-electron chi connectivity index (χ0n) is 6.65. The molecule has 1 atom stereocenters. The molecule has 0 aromatic rings. The molecule has 0 rings (SSSR count). The van der Waals surface area contributed by atoms with E-state index in [9.17, 15) is 0 Å². The first-order valence-corrected chi connectivity index (χ1v) is 3.52. The number of nitrogens with one attached hydrogen (secondary N) is 1. The monoisotopic (exact) mass is 141 g/mol. The van der Waals surface area contributed by atoms with Crippen LogP contribution in [0.4, 0.5) is 0 Å². The Hall–Kier alpha value is -0.520. The van der Waals surface area contributed by atoms with E-state index in [1.54, 1.807) is 0 Å². The Labute approximate surface area is 62.6 Å². The molecule has 10 heavy (non-hydrogen) atoms. The fourth-order valence-electron chi connectivity index (χ4n) is 0.610. The molecule has 0 radical (unpaired) electrons. The second kappa shape index (κ2) is 4.32. The molecule has 0 amide bonds. The van der Waals surface area contributed by atoms with Crippen LogP contribution in [0.15, 0.2) is 0 Å². The Balaban J connectivity index is 3.72. The fourth-order valence-corrected chi connectivity index (χ4v) is 0.610. The van der Waals surface area contributed by atoms with Crippen molar-refractivity contribution in [1.82, 2.24) is 5.32 Å². The van der Waals surface area contributed by atoms with Crippen LogP contribution in [0, 0.1) is 12.3 Å². The summed E-state index contributed by atoms with van der Waals surface area (Å²) in [5, 5.41) is 11.5. The molecule has 0 aromatic carbocycles. The third-order valence-corrected chi connectivity index (χ3v) is 1.65. The van der Waals surface area contributed by atoms with Crippen LogP contribution in [0.25, 0.3) is 0 Å². The molecule has 0 heterocycles. The number of aliphatic hydroxyl groups excluding tert-OH is 1. The average molecular weight is 141 g/mol. The summed E-state index contributed by atoms with van der Waals surface area (Å²) in [5.41, 5.74) is -0.247. The van der Waals surface area contributed by atoms with Crippen molar-refractivity contribution in [2.45, 2.75) is 25.8 Å². The highest BCUT2D eigenvalue weighted by atomic mass is 16.3. The van der Waals surface area contributed by atoms with Gasteiger partial charge in [-0.05, 0) is 13.3 Å². The minimum Gasteiger partial charge on any atom is -0.395 e. The van der Waals surface area contributed by atoms with Gasteiger partial charge in [0.15, 0.2) is 0 Å². The Morgan fingerprint density at radius 1 is 1.70 bits per heavy atom. The van der Waals surface area contributed by atoms with Crippen molar-refractivity contribution in [3.05, 3.63) is 0 Å². The van der Waals surface area contributed by atoms with E-state index >= 15 is 0 Å². The normalized spacial score (nSPS) is 15.8. The first-order chi connectivity index (χ1) is 4.68. The fraction of sp³-hybridized carbons (Fsp3) is 0.750. The lowest BCUT2D eigenvalue weighted by Gasteiger charge is -2.22. The molecule has 0 saturated heterocycles. The van der Waals surface area contributed by atoms with Crippen LogP contribution in [0.5, 0.6) is 0 Å². The Bertz CT molecular complexity index is 128. The van der Waals surface area contributed by atoms with Crippen LogP contribution < -0.4 is 5.32 Å². The maximum Gasteiger partial charge on any atom is 0.0767 e. The maximum absolute atomic E-state index is 8.49. The molecule has 0 fully saturated rings. The first-order valence-electron chi connectivity index (χ1n) is 3.52. The topological polar surface area (TPSA) is 32.3 Å². The van der Waals surface area contributed by atoms with Gasteiger partial charge in [-0.15, -0.1) is 6.42 Å². The van der Waals surface area contributed by atoms with Crippen molar-refractivity contribution < 1.29 is 5.11 Å². The summed E-state index contributed by atoms with van der Waals surface area (Å²) in [5.74, 6) is 2.64. The van der Waals surface area contributed by atoms with E-state index in [1.807, 2.05) is 13.8 Å². The third kappa shape index (κ3) is 2.86. The van der Waals surface area contributed by atoms with Crippen molar-refractivity contribution in [2.75, 3.05) is 13.2 Å². The lowest BCUT2D eigenvalue weighted by Crippen LogP contribution is -2.41. The number of terminal acetylenes is 1. The van der Waals surface area contributed by atoms with E-state index in [0.717, 1.165) is 6.42 Å². The van der Waals surface area contributed by atoms with Gasteiger partial charge in [-0.1, -0.05) is 12.8 Å². The number of aliphatic hydroxyl groups is 1. The van der Waals surface area contributed by atoms with Crippen molar-refractivity contribution in [3.63, 3.8) is 0 Å². The van der Waals surface area contributed by atoms with E-state index in [4.69, 9.17) is 11.5 Å². The summed E-state index contributed by atoms with van der Waals surface area (Å²) in [7, 11) is 0. The van der Waals surface area contributed by atoms with E-state index in [1.165, 1.54) is 0 Å². The van der Waals surface area contributed by atoms with Crippen LogP contribution in [0.1, 0.15) is 20.3 Å². The van der Waals surface area contributed by atoms with Crippen molar-refractivity contribution in [1.29, 1.82) is 0 Å². The quantitative estimate of drug-likeness (QED) is 0.554. The van der Waals surface area contributed by atoms with Gasteiger partial charge in [-0.2, -0.15) is 0 Å². The van der Waals surface area contributed by atoms with Gasteiger partial charge in [0.05, 0.1) is 12.1 Å². The highest BCUT2D eigenvalue weighted by Gasteiger charge is 2.15. The van der Waals surface area contributed by atoms with Gasteiger partial charge in [0.2, 0.25) is 0 Å². The molecule has 2 heteroatoms. The summed E-state index contributed by atoms with van der Waals surface area (Å²) in [4.78, 5) is 0. The Kier molecular flexibility index (Phi) is 4.10. The van der Waals surface area contributed by atoms with E-state index in [2.05, 4.69) is 11.2 Å². The van der Waals surface area contributed by atoms with Crippen molar-refractivity contribution in [3.8, 4) is 12.3 Å². The number of hydrogen-bond acceptors (Lipinski definition) is 2. The van der Waals surface area contributed by atoms with Crippen LogP contribution in [0.3, 0.4) is 0 Å². The van der Waals surface area contributed by atoms with Gasteiger partial charge >= 0.3 is 0 Å². The highest BCUT2D eigenvalue weighted by Crippen LogP contribution is 2.05. The highest BCUT2D eigenvalue weighted by molar-refractivity contribution is 5.09. The van der Waals surface area contributed by atoms with Crippen LogP contribution in [0.2, 0.25) is 0 Å². The summed E-state index contributed by atoms with van der Waals surface area (Å²) in [6.07, 6.45) is 6.14. The van der Waals surface area contributed by atoms with Gasteiger partial charge in [-0.3, -0.25) is 5.32 Å². The third-order valence-electron chi connectivity index (χ3n) is 1.65. The molecule has 0 saturated carbocycles. The maximum atomic E-state index is 8.49. The van der Waals surface area contributed by atoms with Gasteiger partial charge in [0.1, 0.15) is 0 Å². The second-order valence-corrected chi connectivity index (χ2v) is 2.48. The molecule has 1 unspecified atom stereocenters. The SMILES string of the molecule is C#CC(C)(CC)NCCO. The summed E-state index contributed by atoms with van der Waals surface area (Å²) in [6.45, 7) is 4.67. The molecule has 58 valence electrons. The van der Waals surface area contributed by atoms with E-state index in [-0.39, 0.29) is 12.1 Å². The molecule has 0 spiro atoms. The molecular weight excluding hydrogens is 126 g/mol. The molecule has 2 nitrogen and oxygen atoms in total. The van der Waals surface area contributed by atoms with E-state index < -0.39 is 0 Å². The molecule has 0 aliphatic carbocycles. The molecule has 0 aliphatic heterocycles. The largest absolute Gasteiger partial charge is 0.395 e.